The lowest BCUT2D eigenvalue weighted by Gasteiger charge is -2.03. The average Bonchev–Trinajstić information content (AvgIpc) is 3.08. The Bertz CT molecular complexity index is 1150. The summed E-state index contributed by atoms with van der Waals surface area (Å²) >= 11 is 0. The summed E-state index contributed by atoms with van der Waals surface area (Å²) in [4.78, 5) is 29.2. The Morgan fingerprint density at radius 2 is 1.79 bits per heavy atom. The maximum Gasteiger partial charge on any atom is 0.298 e. The zero-order valence-corrected chi connectivity index (χ0v) is 14.8. The first-order valence-corrected chi connectivity index (χ1v) is 8.72. The number of hydrogen-bond acceptors (Lipinski definition) is 3. The van der Waals surface area contributed by atoms with E-state index in [1.807, 2.05) is 22.7 Å². The Morgan fingerprint density at radius 3 is 2.54 bits per heavy atom. The number of pyridine rings is 2. The highest BCUT2D eigenvalue weighted by atomic mass is 19.1. The van der Waals surface area contributed by atoms with Gasteiger partial charge in [0.1, 0.15) is 11.6 Å². The number of carbonyl (C=O) groups excluding carboxylic acids is 2. The van der Waals surface area contributed by atoms with E-state index in [1.165, 1.54) is 18.3 Å². The maximum absolute atomic E-state index is 13.2. The number of rotatable bonds is 5. The Kier molecular flexibility index (Phi) is 4.68. The van der Waals surface area contributed by atoms with Crippen LogP contribution in [-0.4, -0.2) is 21.1 Å². The summed E-state index contributed by atoms with van der Waals surface area (Å²) in [6, 6.07) is 18.4. The SMILES string of the molecule is O=C(Nc1ccccn1)C(=O)c1cc(Cc2ccc(F)cc2)n2ccccc12. The highest BCUT2D eigenvalue weighted by molar-refractivity contribution is 6.47. The standard InChI is InChI=1S/C22H16FN3O2/c23-16-9-7-15(8-10-16)13-17-14-18(19-5-2-4-12-26(17)19)21(27)22(28)25-20-6-1-3-11-24-20/h1-12,14H,13H2,(H,24,25,28). The number of nitrogens with zero attached hydrogens (tertiary/aromatic N) is 2. The first-order chi connectivity index (χ1) is 13.6. The van der Waals surface area contributed by atoms with Crippen molar-refractivity contribution in [3.05, 3.63) is 102 Å². The molecule has 0 aliphatic heterocycles. The van der Waals surface area contributed by atoms with Crippen molar-refractivity contribution < 1.29 is 14.0 Å². The third-order valence-electron chi connectivity index (χ3n) is 4.41. The molecule has 0 spiro atoms. The van der Waals surface area contributed by atoms with Crippen molar-refractivity contribution in [2.75, 3.05) is 5.32 Å². The quantitative estimate of drug-likeness (QED) is 0.426. The lowest BCUT2D eigenvalue weighted by Crippen LogP contribution is -2.23. The van der Waals surface area contributed by atoms with E-state index in [-0.39, 0.29) is 5.82 Å². The summed E-state index contributed by atoms with van der Waals surface area (Å²) < 4.78 is 15.0. The van der Waals surface area contributed by atoms with Gasteiger partial charge in [-0.25, -0.2) is 9.37 Å². The van der Waals surface area contributed by atoms with Crippen LogP contribution in [0.2, 0.25) is 0 Å². The summed E-state index contributed by atoms with van der Waals surface area (Å²) in [5, 5.41) is 2.52. The van der Waals surface area contributed by atoms with Crippen LogP contribution in [0, 0.1) is 5.82 Å². The van der Waals surface area contributed by atoms with E-state index in [2.05, 4.69) is 10.3 Å². The van der Waals surface area contributed by atoms with Gasteiger partial charge in [-0.15, -0.1) is 0 Å². The molecule has 1 N–H and O–H groups in total. The van der Waals surface area contributed by atoms with E-state index in [1.54, 1.807) is 42.5 Å². The Balaban J connectivity index is 1.66. The van der Waals surface area contributed by atoms with Crippen molar-refractivity contribution >= 4 is 23.0 Å². The molecule has 28 heavy (non-hydrogen) atoms. The molecule has 5 nitrogen and oxygen atoms in total. The fourth-order valence-corrected chi connectivity index (χ4v) is 3.08. The minimum absolute atomic E-state index is 0.300. The van der Waals surface area contributed by atoms with E-state index in [9.17, 15) is 14.0 Å². The van der Waals surface area contributed by atoms with E-state index < -0.39 is 11.7 Å². The van der Waals surface area contributed by atoms with Crippen molar-refractivity contribution in [1.82, 2.24) is 9.38 Å². The normalized spacial score (nSPS) is 10.8. The highest BCUT2D eigenvalue weighted by Gasteiger charge is 2.22. The topological polar surface area (TPSA) is 63.5 Å². The number of Topliss-reactive ketones (excluding diaryl/α,β-unsaturated/α-hetero) is 1. The van der Waals surface area contributed by atoms with Crippen molar-refractivity contribution in [1.29, 1.82) is 0 Å². The van der Waals surface area contributed by atoms with Gasteiger partial charge in [0.15, 0.2) is 0 Å². The molecule has 1 amide bonds. The molecule has 1 aromatic carbocycles. The number of aromatic nitrogens is 2. The van der Waals surface area contributed by atoms with Crippen molar-refractivity contribution in [3.8, 4) is 0 Å². The number of hydrogen-bond donors (Lipinski definition) is 1. The number of fused-ring (bicyclic) bond motifs is 1. The number of halogens is 1. The van der Waals surface area contributed by atoms with Gasteiger partial charge >= 0.3 is 0 Å². The molecule has 0 radical (unpaired) electrons. The molecule has 0 aliphatic rings. The number of benzene rings is 1. The average molecular weight is 373 g/mol. The summed E-state index contributed by atoms with van der Waals surface area (Å²) in [5.41, 5.74) is 2.68. The lowest BCUT2D eigenvalue weighted by atomic mass is 10.1. The lowest BCUT2D eigenvalue weighted by molar-refractivity contribution is -0.112. The van der Waals surface area contributed by atoms with Gasteiger partial charge in [0, 0.05) is 24.5 Å². The fourth-order valence-electron chi connectivity index (χ4n) is 3.08. The van der Waals surface area contributed by atoms with Gasteiger partial charge in [0.05, 0.1) is 11.1 Å². The molecule has 0 saturated heterocycles. The van der Waals surface area contributed by atoms with Crippen LogP contribution in [0.5, 0.6) is 0 Å². The van der Waals surface area contributed by atoms with Gasteiger partial charge in [-0.3, -0.25) is 9.59 Å². The first kappa shape index (κ1) is 17.6. The molecule has 0 aliphatic carbocycles. The van der Waals surface area contributed by atoms with Gasteiger partial charge in [-0.05, 0) is 48.0 Å². The molecule has 4 rings (SSSR count). The van der Waals surface area contributed by atoms with Crippen LogP contribution in [0.3, 0.4) is 0 Å². The molecule has 0 fully saturated rings. The molecular weight excluding hydrogens is 357 g/mol. The van der Waals surface area contributed by atoms with Gasteiger partial charge in [-0.1, -0.05) is 24.3 Å². The minimum Gasteiger partial charge on any atom is -0.320 e. The number of amides is 1. The van der Waals surface area contributed by atoms with Crippen molar-refractivity contribution in [2.24, 2.45) is 0 Å². The monoisotopic (exact) mass is 373 g/mol. The zero-order valence-electron chi connectivity index (χ0n) is 14.8. The predicted molar refractivity (Wildman–Crippen MR) is 104 cm³/mol. The molecule has 4 aromatic rings. The summed E-state index contributed by atoms with van der Waals surface area (Å²) in [5.74, 6) is -1.37. The third-order valence-corrected chi connectivity index (χ3v) is 4.41. The van der Waals surface area contributed by atoms with Crippen LogP contribution in [0.25, 0.3) is 5.52 Å². The van der Waals surface area contributed by atoms with Crippen LogP contribution in [0.1, 0.15) is 21.6 Å². The summed E-state index contributed by atoms with van der Waals surface area (Å²) in [6.07, 6.45) is 3.87. The fraction of sp³-hybridized carbons (Fsp3) is 0.0455. The Labute approximate surface area is 160 Å². The van der Waals surface area contributed by atoms with Crippen LogP contribution in [0.4, 0.5) is 10.2 Å². The highest BCUT2D eigenvalue weighted by Crippen LogP contribution is 2.21. The number of anilines is 1. The maximum atomic E-state index is 13.2. The second-order valence-electron chi connectivity index (χ2n) is 6.31. The number of nitrogens with one attached hydrogen (secondary N) is 1. The second-order valence-corrected chi connectivity index (χ2v) is 6.31. The van der Waals surface area contributed by atoms with Crippen molar-refractivity contribution in [2.45, 2.75) is 6.42 Å². The molecule has 3 heterocycles. The van der Waals surface area contributed by atoms with E-state index in [0.717, 1.165) is 11.3 Å². The van der Waals surface area contributed by atoms with Gasteiger partial charge in [-0.2, -0.15) is 0 Å². The van der Waals surface area contributed by atoms with Crippen molar-refractivity contribution in [3.63, 3.8) is 0 Å². The van der Waals surface area contributed by atoms with Gasteiger partial charge in [0.2, 0.25) is 0 Å². The van der Waals surface area contributed by atoms with Gasteiger partial charge in [0.25, 0.3) is 11.7 Å². The first-order valence-electron chi connectivity index (χ1n) is 8.72. The number of ketones is 1. The molecule has 6 heteroatoms. The van der Waals surface area contributed by atoms with Crippen LogP contribution < -0.4 is 5.32 Å². The smallest absolute Gasteiger partial charge is 0.298 e. The van der Waals surface area contributed by atoms with Crippen LogP contribution >= 0.6 is 0 Å². The second kappa shape index (κ2) is 7.44. The molecular formula is C22H16FN3O2. The molecule has 0 unspecified atom stereocenters. The van der Waals surface area contributed by atoms with E-state index in [4.69, 9.17) is 0 Å². The van der Waals surface area contributed by atoms with Crippen LogP contribution in [0.15, 0.2) is 79.1 Å². The minimum atomic E-state index is -0.747. The number of carbonyl (C=O) groups is 2. The van der Waals surface area contributed by atoms with E-state index >= 15 is 0 Å². The Hall–Kier alpha value is -3.80. The zero-order chi connectivity index (χ0) is 19.5. The predicted octanol–water partition coefficient (Wildman–Crippen LogP) is 3.89. The largest absolute Gasteiger partial charge is 0.320 e. The molecule has 0 bridgehead atoms. The van der Waals surface area contributed by atoms with Crippen LogP contribution in [-0.2, 0) is 11.2 Å². The van der Waals surface area contributed by atoms with Gasteiger partial charge < -0.3 is 9.72 Å². The molecule has 0 saturated carbocycles. The third kappa shape index (κ3) is 3.53. The van der Waals surface area contributed by atoms with E-state index in [0.29, 0.717) is 23.3 Å². The molecule has 0 atom stereocenters. The molecule has 3 aromatic heterocycles. The summed E-state index contributed by atoms with van der Waals surface area (Å²) in [6.45, 7) is 0. The Morgan fingerprint density at radius 1 is 1.00 bits per heavy atom. The molecule has 138 valence electrons. The summed E-state index contributed by atoms with van der Waals surface area (Å²) in [7, 11) is 0.